The van der Waals surface area contributed by atoms with Crippen LogP contribution >= 0.6 is 22.9 Å². The summed E-state index contributed by atoms with van der Waals surface area (Å²) in [5.41, 5.74) is -0.0774. The van der Waals surface area contributed by atoms with Gasteiger partial charge < -0.3 is 4.74 Å². The topological polar surface area (TPSA) is 68.3 Å². The highest BCUT2D eigenvalue weighted by atomic mass is 35.5. The highest BCUT2D eigenvalue weighted by molar-refractivity contribution is 7.91. The summed E-state index contributed by atoms with van der Waals surface area (Å²) in [6.07, 6.45) is 4.70. The van der Waals surface area contributed by atoms with Crippen molar-refractivity contribution in [1.29, 1.82) is 0 Å². The van der Waals surface area contributed by atoms with Gasteiger partial charge >= 0.3 is 0 Å². The minimum atomic E-state index is -3.56. The van der Waals surface area contributed by atoms with Gasteiger partial charge in [0.05, 0.1) is 5.60 Å². The van der Waals surface area contributed by atoms with Crippen molar-refractivity contribution >= 4 is 33.0 Å². The van der Waals surface area contributed by atoms with Gasteiger partial charge in [0.2, 0.25) is 4.34 Å². The summed E-state index contributed by atoms with van der Waals surface area (Å²) in [6, 6.07) is -0.0678. The predicted molar refractivity (Wildman–Crippen MR) is 73.0 cm³/mol. The summed E-state index contributed by atoms with van der Waals surface area (Å²) in [5.74, 6) is 0. The molecule has 0 amide bonds. The minimum absolute atomic E-state index is 0.0339. The zero-order valence-electron chi connectivity index (χ0n) is 10.3. The Balaban J connectivity index is 1.70. The van der Waals surface area contributed by atoms with Crippen molar-refractivity contribution in [3.05, 3.63) is 10.5 Å². The van der Waals surface area contributed by atoms with Crippen LogP contribution in [0, 0.1) is 0 Å². The highest BCUT2D eigenvalue weighted by Gasteiger charge is 2.43. The molecule has 5 nitrogen and oxygen atoms in total. The molecule has 1 aromatic rings. The van der Waals surface area contributed by atoms with Crippen molar-refractivity contribution in [2.24, 2.45) is 0 Å². The molecule has 1 aromatic heterocycles. The van der Waals surface area contributed by atoms with Crippen LogP contribution in [0.3, 0.4) is 0 Å². The molecule has 1 unspecified atom stereocenters. The molecule has 0 aromatic carbocycles. The van der Waals surface area contributed by atoms with E-state index in [0.29, 0.717) is 13.0 Å². The van der Waals surface area contributed by atoms with Crippen LogP contribution in [0.4, 0.5) is 0 Å². The lowest BCUT2D eigenvalue weighted by Gasteiger charge is -2.47. The molecule has 8 heteroatoms. The second-order valence-electron chi connectivity index (χ2n) is 5.13. The van der Waals surface area contributed by atoms with Crippen LogP contribution in [0.15, 0.2) is 9.72 Å². The van der Waals surface area contributed by atoms with Gasteiger partial charge in [-0.15, -0.1) is 11.3 Å². The van der Waals surface area contributed by atoms with E-state index in [1.54, 1.807) is 0 Å². The Morgan fingerprint density at radius 3 is 2.89 bits per heavy atom. The van der Waals surface area contributed by atoms with E-state index in [9.17, 15) is 8.42 Å². The van der Waals surface area contributed by atoms with Crippen LogP contribution in [-0.4, -0.2) is 31.7 Å². The monoisotopic (exact) mass is 322 g/mol. The second-order valence-corrected chi connectivity index (χ2v) is 8.27. The molecule has 2 fully saturated rings. The number of ether oxygens (including phenoxy) is 1. The molecule has 1 saturated carbocycles. The molecule has 1 spiro atoms. The van der Waals surface area contributed by atoms with Crippen molar-refractivity contribution in [2.75, 3.05) is 6.61 Å². The SMILES string of the molecule is O=S(=O)(NC1CCOC2(CCC2)C1)c1nc(Cl)cs1. The van der Waals surface area contributed by atoms with E-state index in [1.807, 2.05) is 0 Å². The standard InChI is InChI=1S/C11H15ClN2O3S2/c12-9-7-18-10(13-9)19(15,16)14-8-2-5-17-11(6-8)3-1-4-11/h7-8,14H,1-6H2. The van der Waals surface area contributed by atoms with Crippen LogP contribution in [0.25, 0.3) is 0 Å². The number of halogens is 1. The van der Waals surface area contributed by atoms with Crippen molar-refractivity contribution < 1.29 is 13.2 Å². The van der Waals surface area contributed by atoms with Gasteiger partial charge in [-0.25, -0.2) is 18.1 Å². The first-order valence-electron chi connectivity index (χ1n) is 6.26. The van der Waals surface area contributed by atoms with Gasteiger partial charge in [0.1, 0.15) is 5.15 Å². The van der Waals surface area contributed by atoms with Gasteiger partial charge in [0.25, 0.3) is 10.0 Å². The van der Waals surface area contributed by atoms with Gasteiger partial charge in [-0.05, 0) is 32.1 Å². The average Bonchev–Trinajstić information content (AvgIpc) is 2.74. The molecule has 1 aliphatic carbocycles. The number of rotatable bonds is 3. The smallest absolute Gasteiger partial charge is 0.268 e. The van der Waals surface area contributed by atoms with E-state index in [4.69, 9.17) is 16.3 Å². The quantitative estimate of drug-likeness (QED) is 0.926. The van der Waals surface area contributed by atoms with Crippen molar-refractivity contribution in [3.8, 4) is 0 Å². The normalized spacial score (nSPS) is 26.3. The molecule has 19 heavy (non-hydrogen) atoms. The van der Waals surface area contributed by atoms with Gasteiger partial charge in [0, 0.05) is 18.0 Å². The lowest BCUT2D eigenvalue weighted by Crippen LogP contribution is -2.51. The van der Waals surface area contributed by atoms with Crippen LogP contribution in [0.1, 0.15) is 32.1 Å². The zero-order chi connectivity index (χ0) is 13.5. The molecule has 1 atom stereocenters. The summed E-state index contributed by atoms with van der Waals surface area (Å²) in [5, 5.41) is 1.74. The maximum atomic E-state index is 12.2. The number of sulfonamides is 1. The molecule has 2 aliphatic rings. The molecule has 1 aliphatic heterocycles. The van der Waals surface area contributed by atoms with E-state index in [0.717, 1.165) is 30.6 Å². The number of aromatic nitrogens is 1. The molecule has 0 radical (unpaired) electrons. The zero-order valence-corrected chi connectivity index (χ0v) is 12.7. The average molecular weight is 323 g/mol. The number of thiazole rings is 1. The highest BCUT2D eigenvalue weighted by Crippen LogP contribution is 2.42. The first-order chi connectivity index (χ1) is 8.99. The predicted octanol–water partition coefficient (Wildman–Crippen LogP) is 2.18. The Labute approximate surface area is 121 Å². The van der Waals surface area contributed by atoms with Crippen LogP contribution in [0.2, 0.25) is 5.15 Å². The molecule has 3 rings (SSSR count). The van der Waals surface area contributed by atoms with Crippen LogP contribution in [0.5, 0.6) is 0 Å². The third-order valence-electron chi connectivity index (χ3n) is 3.76. The fourth-order valence-corrected chi connectivity index (χ4v) is 5.16. The molecule has 2 heterocycles. The van der Waals surface area contributed by atoms with E-state index in [-0.39, 0.29) is 21.1 Å². The third kappa shape index (κ3) is 2.80. The summed E-state index contributed by atoms with van der Waals surface area (Å²) in [4.78, 5) is 3.82. The lowest BCUT2D eigenvalue weighted by atomic mass is 9.74. The molecular formula is C11H15ClN2O3S2. The van der Waals surface area contributed by atoms with E-state index < -0.39 is 10.0 Å². The second kappa shape index (κ2) is 4.96. The van der Waals surface area contributed by atoms with Crippen molar-refractivity contribution in [1.82, 2.24) is 9.71 Å². The maximum absolute atomic E-state index is 12.2. The number of nitrogens with zero attached hydrogens (tertiary/aromatic N) is 1. The fourth-order valence-electron chi connectivity index (χ4n) is 2.68. The molecule has 1 saturated heterocycles. The Kier molecular flexibility index (Phi) is 3.59. The largest absolute Gasteiger partial charge is 0.375 e. The maximum Gasteiger partial charge on any atom is 0.268 e. The summed E-state index contributed by atoms with van der Waals surface area (Å²) in [7, 11) is -3.56. The Hall–Kier alpha value is -0.210. The summed E-state index contributed by atoms with van der Waals surface area (Å²) < 4.78 is 32.9. The summed E-state index contributed by atoms with van der Waals surface area (Å²) >= 11 is 6.71. The third-order valence-corrected chi connectivity index (χ3v) is 6.86. The van der Waals surface area contributed by atoms with E-state index in [1.165, 1.54) is 11.8 Å². The minimum Gasteiger partial charge on any atom is -0.375 e. The molecule has 1 N–H and O–H groups in total. The van der Waals surface area contributed by atoms with Crippen molar-refractivity contribution in [3.63, 3.8) is 0 Å². The van der Waals surface area contributed by atoms with Crippen LogP contribution < -0.4 is 4.72 Å². The Morgan fingerprint density at radius 1 is 1.53 bits per heavy atom. The van der Waals surface area contributed by atoms with Gasteiger partial charge in [-0.2, -0.15) is 0 Å². The number of hydrogen-bond donors (Lipinski definition) is 1. The van der Waals surface area contributed by atoms with Gasteiger partial charge in [-0.1, -0.05) is 11.6 Å². The fraction of sp³-hybridized carbons (Fsp3) is 0.727. The number of nitrogens with one attached hydrogen (secondary N) is 1. The Bertz CT molecular complexity index is 568. The summed E-state index contributed by atoms with van der Waals surface area (Å²) in [6.45, 7) is 0.617. The van der Waals surface area contributed by atoms with Gasteiger partial charge in [0.15, 0.2) is 0 Å². The number of hydrogen-bond acceptors (Lipinski definition) is 5. The molecule has 0 bridgehead atoms. The first-order valence-corrected chi connectivity index (χ1v) is 9.01. The van der Waals surface area contributed by atoms with E-state index in [2.05, 4.69) is 9.71 Å². The first kappa shape index (κ1) is 13.8. The van der Waals surface area contributed by atoms with Crippen molar-refractivity contribution in [2.45, 2.75) is 48.1 Å². The lowest BCUT2D eigenvalue weighted by molar-refractivity contribution is -0.133. The molecular weight excluding hydrogens is 308 g/mol. The molecule has 106 valence electrons. The van der Waals surface area contributed by atoms with E-state index >= 15 is 0 Å². The Morgan fingerprint density at radius 2 is 2.32 bits per heavy atom. The van der Waals surface area contributed by atoms with Crippen LogP contribution in [-0.2, 0) is 14.8 Å². The van der Waals surface area contributed by atoms with Gasteiger partial charge in [-0.3, -0.25) is 0 Å².